The van der Waals surface area contributed by atoms with Crippen LogP contribution in [0.1, 0.15) is 69.4 Å². The molecule has 1 unspecified atom stereocenters. The van der Waals surface area contributed by atoms with Gasteiger partial charge in [0.1, 0.15) is 5.52 Å². The molecule has 0 saturated heterocycles. The van der Waals surface area contributed by atoms with Crippen LogP contribution in [0, 0.1) is 0 Å². The van der Waals surface area contributed by atoms with E-state index in [4.69, 9.17) is 4.42 Å². The van der Waals surface area contributed by atoms with Crippen molar-refractivity contribution in [1.29, 1.82) is 0 Å². The number of hydrogen-bond acceptors (Lipinski definition) is 7. The molecule has 8 nitrogen and oxygen atoms in total. The van der Waals surface area contributed by atoms with Gasteiger partial charge in [0.05, 0.1) is 6.04 Å². The Morgan fingerprint density at radius 1 is 1.11 bits per heavy atom. The Bertz CT molecular complexity index is 1250. The molecule has 1 aliphatic rings. The normalized spacial score (nSPS) is 18.2. The predicted octanol–water partition coefficient (Wildman–Crippen LogP) is 4.05. The quantitative estimate of drug-likeness (QED) is 0.344. The molecule has 3 atom stereocenters. The molecule has 3 N–H and O–H groups in total. The molecule has 37 heavy (non-hydrogen) atoms. The molecule has 1 aromatic heterocycles. The van der Waals surface area contributed by atoms with Crippen LogP contribution in [0.5, 0.6) is 0 Å². The largest absolute Gasteiger partial charge is 0.438 e. The van der Waals surface area contributed by atoms with E-state index in [-0.39, 0.29) is 18.4 Å². The fraction of sp³-hybridized carbons (Fsp3) is 0.500. The molecule has 1 saturated carbocycles. The van der Waals surface area contributed by atoms with E-state index in [1.165, 1.54) is 0 Å². The Morgan fingerprint density at radius 2 is 1.78 bits per heavy atom. The fourth-order valence-electron chi connectivity index (χ4n) is 5.16. The Labute approximate surface area is 218 Å². The fourth-order valence-corrected chi connectivity index (χ4v) is 6.36. The van der Waals surface area contributed by atoms with E-state index >= 15 is 0 Å². The Hall–Kier alpha value is -2.75. The minimum atomic E-state index is -3.94. The summed E-state index contributed by atoms with van der Waals surface area (Å²) in [6, 6.07) is 15.5. The standard InChI is InChI=1S/C28H37N3O5S/c1-3-12-23(25(32)26-29-22-17-10-11-18-24(22)36-26)30-27(33)28(37(2,34)35,19-20-13-6-4-7-14-20)31-21-15-8-5-9-16-21/h4,6-7,10-11,13-14,17-18,21,23,25,31-32H,3,5,8-9,12,15-16,19H2,1-2H3,(H,30,33)/t23-,25?,28+/m0/s1. The second-order valence-corrected chi connectivity index (χ2v) is 12.3. The number of para-hydroxylation sites is 2. The average Bonchev–Trinajstić information content (AvgIpc) is 3.32. The zero-order valence-electron chi connectivity index (χ0n) is 21.5. The number of fused-ring (bicyclic) bond motifs is 1. The van der Waals surface area contributed by atoms with Crippen LogP contribution in [0.4, 0.5) is 0 Å². The van der Waals surface area contributed by atoms with Gasteiger partial charge in [-0.05, 0) is 37.0 Å². The van der Waals surface area contributed by atoms with E-state index in [1.54, 1.807) is 12.1 Å². The monoisotopic (exact) mass is 527 g/mol. The van der Waals surface area contributed by atoms with Gasteiger partial charge >= 0.3 is 0 Å². The highest BCUT2D eigenvalue weighted by Crippen LogP contribution is 2.29. The maximum Gasteiger partial charge on any atom is 0.256 e. The summed E-state index contributed by atoms with van der Waals surface area (Å²) in [7, 11) is -3.94. The first-order valence-electron chi connectivity index (χ1n) is 13.1. The minimum absolute atomic E-state index is 0.0210. The summed E-state index contributed by atoms with van der Waals surface area (Å²) in [5.74, 6) is -0.578. The van der Waals surface area contributed by atoms with Gasteiger partial charge in [-0.15, -0.1) is 0 Å². The number of oxazole rings is 1. The SMILES string of the molecule is CCC[C@H](NC(=O)[C@](Cc1ccccc1)(NC1CCCCC1)S(C)(=O)=O)C(O)c1nc2ccccc2o1. The van der Waals surface area contributed by atoms with Crippen molar-refractivity contribution in [2.24, 2.45) is 0 Å². The van der Waals surface area contributed by atoms with Crippen LogP contribution < -0.4 is 10.6 Å². The number of nitrogens with zero attached hydrogens (tertiary/aromatic N) is 1. The molecular weight excluding hydrogens is 490 g/mol. The Morgan fingerprint density at radius 3 is 2.43 bits per heavy atom. The molecular formula is C28H37N3O5S. The summed E-state index contributed by atoms with van der Waals surface area (Å²) < 4.78 is 32.7. The summed E-state index contributed by atoms with van der Waals surface area (Å²) in [4.78, 5) is 16.6. The summed E-state index contributed by atoms with van der Waals surface area (Å²) in [5, 5.41) is 17.4. The van der Waals surface area contributed by atoms with Crippen molar-refractivity contribution >= 4 is 26.8 Å². The molecule has 1 fully saturated rings. The van der Waals surface area contributed by atoms with Crippen LogP contribution in [0.3, 0.4) is 0 Å². The van der Waals surface area contributed by atoms with Crippen LogP contribution in [-0.2, 0) is 21.1 Å². The lowest BCUT2D eigenvalue weighted by molar-refractivity contribution is -0.126. The number of rotatable bonds is 11. The first kappa shape index (κ1) is 27.3. The first-order valence-corrected chi connectivity index (χ1v) is 15.0. The van der Waals surface area contributed by atoms with Crippen LogP contribution in [-0.4, -0.2) is 47.6 Å². The van der Waals surface area contributed by atoms with Gasteiger partial charge in [0.2, 0.25) is 10.8 Å². The lowest BCUT2D eigenvalue weighted by atomic mass is 9.93. The Balaban J connectivity index is 1.68. The number of sulfone groups is 1. The minimum Gasteiger partial charge on any atom is -0.438 e. The molecule has 9 heteroatoms. The molecule has 1 amide bonds. The number of aliphatic hydroxyl groups excluding tert-OH is 1. The van der Waals surface area contributed by atoms with Gasteiger partial charge in [0.25, 0.3) is 5.91 Å². The molecule has 3 aromatic rings. The number of carbonyl (C=O) groups is 1. The number of benzene rings is 2. The highest BCUT2D eigenvalue weighted by Gasteiger charge is 2.50. The molecule has 2 aromatic carbocycles. The molecule has 0 radical (unpaired) electrons. The molecule has 0 aliphatic heterocycles. The number of aromatic nitrogens is 1. The topological polar surface area (TPSA) is 122 Å². The number of aliphatic hydroxyl groups is 1. The van der Waals surface area contributed by atoms with Crippen molar-refractivity contribution in [3.05, 3.63) is 66.1 Å². The summed E-state index contributed by atoms with van der Waals surface area (Å²) >= 11 is 0. The van der Waals surface area contributed by atoms with Crippen LogP contribution in [0.15, 0.2) is 59.0 Å². The maximum atomic E-state index is 14.1. The van der Waals surface area contributed by atoms with Crippen molar-refractivity contribution in [3.63, 3.8) is 0 Å². The van der Waals surface area contributed by atoms with Crippen molar-refractivity contribution in [2.45, 2.75) is 81.3 Å². The third-order valence-corrected chi connectivity index (χ3v) is 8.91. The third kappa shape index (κ3) is 6.22. The van der Waals surface area contributed by atoms with Gasteiger partial charge in [-0.3, -0.25) is 10.1 Å². The number of nitrogens with one attached hydrogen (secondary N) is 2. The van der Waals surface area contributed by atoms with E-state index in [0.717, 1.165) is 43.9 Å². The van der Waals surface area contributed by atoms with Gasteiger partial charge in [0, 0.05) is 18.7 Å². The molecule has 200 valence electrons. The predicted molar refractivity (Wildman–Crippen MR) is 144 cm³/mol. The number of hydrogen-bond donors (Lipinski definition) is 3. The van der Waals surface area contributed by atoms with Crippen LogP contribution >= 0.6 is 0 Å². The molecule has 0 spiro atoms. The first-order chi connectivity index (χ1) is 17.7. The summed E-state index contributed by atoms with van der Waals surface area (Å²) in [6.07, 6.45) is 5.61. The second kappa shape index (κ2) is 11.8. The molecule has 1 heterocycles. The number of amides is 1. The van der Waals surface area contributed by atoms with E-state index in [2.05, 4.69) is 15.6 Å². The highest BCUT2D eigenvalue weighted by atomic mass is 32.2. The molecule has 1 aliphatic carbocycles. The van der Waals surface area contributed by atoms with E-state index < -0.39 is 32.8 Å². The van der Waals surface area contributed by atoms with Crippen molar-refractivity contribution in [1.82, 2.24) is 15.6 Å². The van der Waals surface area contributed by atoms with Gasteiger partial charge in [-0.25, -0.2) is 13.4 Å². The summed E-state index contributed by atoms with van der Waals surface area (Å²) in [6.45, 7) is 1.94. The average molecular weight is 528 g/mol. The zero-order valence-corrected chi connectivity index (χ0v) is 22.3. The zero-order chi connectivity index (χ0) is 26.5. The van der Waals surface area contributed by atoms with Gasteiger partial charge < -0.3 is 14.8 Å². The van der Waals surface area contributed by atoms with Crippen molar-refractivity contribution in [3.8, 4) is 0 Å². The summed E-state index contributed by atoms with van der Waals surface area (Å²) in [5.41, 5.74) is 1.87. The molecule has 0 bridgehead atoms. The van der Waals surface area contributed by atoms with Crippen molar-refractivity contribution < 1.29 is 22.7 Å². The van der Waals surface area contributed by atoms with E-state index in [1.807, 2.05) is 49.4 Å². The second-order valence-electron chi connectivity index (χ2n) is 10.1. The smallest absolute Gasteiger partial charge is 0.256 e. The van der Waals surface area contributed by atoms with Gasteiger partial charge in [0.15, 0.2) is 21.5 Å². The Kier molecular flexibility index (Phi) is 8.67. The van der Waals surface area contributed by atoms with Crippen LogP contribution in [0.2, 0.25) is 0 Å². The van der Waals surface area contributed by atoms with E-state index in [9.17, 15) is 18.3 Å². The van der Waals surface area contributed by atoms with E-state index in [0.29, 0.717) is 23.9 Å². The van der Waals surface area contributed by atoms with Crippen LogP contribution in [0.25, 0.3) is 11.1 Å². The van der Waals surface area contributed by atoms with Crippen molar-refractivity contribution in [2.75, 3.05) is 6.26 Å². The number of carbonyl (C=O) groups excluding carboxylic acids is 1. The van der Waals surface area contributed by atoms with Gasteiger partial charge in [-0.1, -0.05) is 75.1 Å². The lowest BCUT2D eigenvalue weighted by Gasteiger charge is -2.38. The van der Waals surface area contributed by atoms with Gasteiger partial charge in [-0.2, -0.15) is 0 Å². The maximum absolute atomic E-state index is 14.1. The molecule has 4 rings (SSSR count). The lowest BCUT2D eigenvalue weighted by Crippen LogP contribution is -2.66. The third-order valence-electron chi connectivity index (χ3n) is 7.20. The highest BCUT2D eigenvalue weighted by molar-refractivity contribution is 7.92.